The second-order valence-corrected chi connectivity index (χ2v) is 5.33. The molecule has 1 fully saturated rings. The van der Waals surface area contributed by atoms with E-state index in [-0.39, 0.29) is 6.54 Å². The Morgan fingerprint density at radius 1 is 1.30 bits per heavy atom. The Hall–Kier alpha value is -1.75. The normalized spacial score (nSPS) is 14.8. The summed E-state index contributed by atoms with van der Waals surface area (Å²) in [6.07, 6.45) is 4.37. The summed E-state index contributed by atoms with van der Waals surface area (Å²) in [4.78, 5) is 0. The molecule has 106 valence electrons. The van der Waals surface area contributed by atoms with Gasteiger partial charge >= 0.3 is 0 Å². The number of halogens is 2. The maximum atomic E-state index is 13.6. The van der Waals surface area contributed by atoms with E-state index < -0.39 is 11.6 Å². The van der Waals surface area contributed by atoms with Crippen LogP contribution in [-0.4, -0.2) is 15.8 Å². The van der Waals surface area contributed by atoms with Gasteiger partial charge in [-0.25, -0.2) is 8.78 Å². The fourth-order valence-electron chi connectivity index (χ4n) is 2.19. The molecule has 0 unspecified atom stereocenters. The highest BCUT2D eigenvalue weighted by Crippen LogP contribution is 2.20. The zero-order valence-electron chi connectivity index (χ0n) is 11.4. The van der Waals surface area contributed by atoms with Crippen LogP contribution >= 0.6 is 0 Å². The van der Waals surface area contributed by atoms with E-state index in [1.165, 1.54) is 18.9 Å². The van der Waals surface area contributed by atoms with Crippen LogP contribution in [-0.2, 0) is 13.1 Å². The molecule has 1 N–H and O–H groups in total. The number of nitrogens with zero attached hydrogens (tertiary/aromatic N) is 2. The zero-order valence-corrected chi connectivity index (χ0v) is 11.4. The van der Waals surface area contributed by atoms with Crippen LogP contribution in [0.2, 0.25) is 0 Å². The summed E-state index contributed by atoms with van der Waals surface area (Å²) in [5.41, 5.74) is 2.35. The van der Waals surface area contributed by atoms with Crippen LogP contribution in [0.15, 0.2) is 24.4 Å². The van der Waals surface area contributed by atoms with Crippen molar-refractivity contribution >= 4 is 0 Å². The van der Waals surface area contributed by atoms with Crippen molar-refractivity contribution in [1.82, 2.24) is 15.1 Å². The Morgan fingerprint density at radius 2 is 2.10 bits per heavy atom. The topological polar surface area (TPSA) is 29.9 Å². The lowest BCUT2D eigenvalue weighted by Crippen LogP contribution is -2.15. The van der Waals surface area contributed by atoms with Gasteiger partial charge in [0.15, 0.2) is 0 Å². The Bertz CT molecular complexity index is 618. The standard InChI is InChI=1S/C15H17F2N3/c1-10-12(7-18-14-3-4-14)9-20(19-10)8-11-6-13(16)2-5-15(11)17/h2,5-6,9,14,18H,3-4,7-8H2,1H3. The molecule has 1 aromatic heterocycles. The van der Waals surface area contributed by atoms with Gasteiger partial charge in [0.2, 0.25) is 0 Å². The minimum Gasteiger partial charge on any atom is -0.310 e. The lowest BCUT2D eigenvalue weighted by Gasteiger charge is -2.03. The highest BCUT2D eigenvalue weighted by molar-refractivity contribution is 5.21. The number of aryl methyl sites for hydroxylation is 1. The summed E-state index contributed by atoms with van der Waals surface area (Å²) in [6, 6.07) is 4.13. The maximum Gasteiger partial charge on any atom is 0.128 e. The van der Waals surface area contributed by atoms with Crippen LogP contribution in [0, 0.1) is 18.6 Å². The van der Waals surface area contributed by atoms with E-state index in [4.69, 9.17) is 0 Å². The third-order valence-electron chi connectivity index (χ3n) is 3.55. The van der Waals surface area contributed by atoms with Crippen molar-refractivity contribution < 1.29 is 8.78 Å². The number of hydrogen-bond donors (Lipinski definition) is 1. The SMILES string of the molecule is Cc1nn(Cc2cc(F)ccc2F)cc1CNC1CC1. The highest BCUT2D eigenvalue weighted by Gasteiger charge is 2.20. The van der Waals surface area contributed by atoms with E-state index in [0.29, 0.717) is 11.6 Å². The summed E-state index contributed by atoms with van der Waals surface area (Å²) in [5, 5.41) is 7.79. The minimum atomic E-state index is -0.430. The van der Waals surface area contributed by atoms with Crippen molar-refractivity contribution in [2.45, 2.75) is 38.9 Å². The predicted octanol–water partition coefficient (Wildman–Crippen LogP) is 2.77. The van der Waals surface area contributed by atoms with Crippen LogP contribution in [0.1, 0.15) is 29.7 Å². The molecule has 0 radical (unpaired) electrons. The first kappa shape index (κ1) is 13.2. The fourth-order valence-corrected chi connectivity index (χ4v) is 2.19. The minimum absolute atomic E-state index is 0.244. The predicted molar refractivity (Wildman–Crippen MR) is 72.3 cm³/mol. The Balaban J connectivity index is 1.73. The molecule has 2 aromatic rings. The largest absolute Gasteiger partial charge is 0.310 e. The van der Waals surface area contributed by atoms with Gasteiger partial charge in [-0.1, -0.05) is 0 Å². The van der Waals surface area contributed by atoms with Crippen molar-refractivity contribution in [3.05, 3.63) is 52.9 Å². The summed E-state index contributed by atoms with van der Waals surface area (Å²) >= 11 is 0. The second kappa shape index (κ2) is 5.32. The monoisotopic (exact) mass is 277 g/mol. The van der Waals surface area contributed by atoms with Crippen LogP contribution in [0.25, 0.3) is 0 Å². The summed E-state index contributed by atoms with van der Waals surface area (Å²) < 4.78 is 28.4. The van der Waals surface area contributed by atoms with Gasteiger partial charge < -0.3 is 5.32 Å². The van der Waals surface area contributed by atoms with Crippen molar-refractivity contribution in [3.63, 3.8) is 0 Å². The molecule has 1 aromatic carbocycles. The van der Waals surface area contributed by atoms with Gasteiger partial charge in [-0.2, -0.15) is 5.10 Å². The second-order valence-electron chi connectivity index (χ2n) is 5.33. The van der Waals surface area contributed by atoms with Gasteiger partial charge in [-0.15, -0.1) is 0 Å². The quantitative estimate of drug-likeness (QED) is 0.910. The number of rotatable bonds is 5. The molecule has 0 saturated heterocycles. The third-order valence-corrected chi connectivity index (χ3v) is 3.55. The van der Waals surface area contributed by atoms with E-state index in [2.05, 4.69) is 10.4 Å². The van der Waals surface area contributed by atoms with E-state index in [1.807, 2.05) is 13.1 Å². The number of benzene rings is 1. The molecule has 0 aliphatic heterocycles. The van der Waals surface area contributed by atoms with E-state index >= 15 is 0 Å². The highest BCUT2D eigenvalue weighted by atomic mass is 19.1. The third kappa shape index (κ3) is 3.04. The molecule has 1 saturated carbocycles. The first-order valence-electron chi connectivity index (χ1n) is 6.82. The van der Waals surface area contributed by atoms with Gasteiger partial charge in [0.05, 0.1) is 12.2 Å². The first-order chi connectivity index (χ1) is 9.61. The molecule has 3 rings (SSSR count). The van der Waals surface area contributed by atoms with Crippen LogP contribution in [0.4, 0.5) is 8.78 Å². The molecule has 0 spiro atoms. The average molecular weight is 277 g/mol. The molecule has 5 heteroatoms. The fraction of sp³-hybridized carbons (Fsp3) is 0.400. The molecular formula is C15H17F2N3. The van der Waals surface area contributed by atoms with E-state index in [0.717, 1.165) is 29.9 Å². The molecule has 1 aliphatic carbocycles. The van der Waals surface area contributed by atoms with Gasteiger partial charge in [0.1, 0.15) is 11.6 Å². The molecule has 1 heterocycles. The molecule has 0 atom stereocenters. The first-order valence-corrected chi connectivity index (χ1v) is 6.82. The van der Waals surface area contributed by atoms with Crippen LogP contribution in [0.5, 0.6) is 0 Å². The van der Waals surface area contributed by atoms with Crippen molar-refractivity contribution in [2.24, 2.45) is 0 Å². The molecular weight excluding hydrogens is 260 g/mol. The molecule has 1 aliphatic rings. The summed E-state index contributed by atoms with van der Waals surface area (Å²) in [6.45, 7) is 2.96. The maximum absolute atomic E-state index is 13.6. The lowest BCUT2D eigenvalue weighted by atomic mass is 10.2. The van der Waals surface area contributed by atoms with E-state index in [9.17, 15) is 8.78 Å². The van der Waals surface area contributed by atoms with Crippen molar-refractivity contribution in [2.75, 3.05) is 0 Å². The van der Waals surface area contributed by atoms with Gasteiger partial charge in [0.25, 0.3) is 0 Å². The van der Waals surface area contributed by atoms with Crippen LogP contribution in [0.3, 0.4) is 0 Å². The zero-order chi connectivity index (χ0) is 14.1. The number of hydrogen-bond acceptors (Lipinski definition) is 2. The molecule has 3 nitrogen and oxygen atoms in total. The van der Waals surface area contributed by atoms with Crippen molar-refractivity contribution in [3.8, 4) is 0 Å². The Labute approximate surface area is 116 Å². The Kier molecular flexibility index (Phi) is 3.53. The molecule has 20 heavy (non-hydrogen) atoms. The van der Waals surface area contributed by atoms with E-state index in [1.54, 1.807) is 4.68 Å². The average Bonchev–Trinajstić information content (AvgIpc) is 3.16. The van der Waals surface area contributed by atoms with Crippen LogP contribution < -0.4 is 5.32 Å². The summed E-state index contributed by atoms with van der Waals surface area (Å²) in [5.74, 6) is -0.835. The van der Waals surface area contributed by atoms with Gasteiger partial charge in [-0.05, 0) is 38.0 Å². The number of nitrogens with one attached hydrogen (secondary N) is 1. The van der Waals surface area contributed by atoms with Gasteiger partial charge in [0, 0.05) is 29.9 Å². The number of aromatic nitrogens is 2. The molecule has 0 bridgehead atoms. The molecule has 0 amide bonds. The van der Waals surface area contributed by atoms with Crippen molar-refractivity contribution in [1.29, 1.82) is 0 Å². The Morgan fingerprint density at radius 3 is 2.85 bits per heavy atom. The summed E-state index contributed by atoms with van der Waals surface area (Å²) in [7, 11) is 0. The van der Waals surface area contributed by atoms with Gasteiger partial charge in [-0.3, -0.25) is 4.68 Å². The smallest absolute Gasteiger partial charge is 0.128 e. The lowest BCUT2D eigenvalue weighted by molar-refractivity contribution is 0.565.